The van der Waals surface area contributed by atoms with Gasteiger partial charge >= 0.3 is 6.09 Å². The molecule has 26 heavy (non-hydrogen) atoms. The maximum absolute atomic E-state index is 12.3. The van der Waals surface area contributed by atoms with Crippen molar-refractivity contribution in [1.29, 1.82) is 0 Å². The van der Waals surface area contributed by atoms with Gasteiger partial charge in [0.25, 0.3) is 0 Å². The Kier molecular flexibility index (Phi) is 7.89. The van der Waals surface area contributed by atoms with Crippen molar-refractivity contribution < 1.29 is 24.5 Å². The number of nitrogens with one attached hydrogen (secondary N) is 1. The van der Waals surface area contributed by atoms with Gasteiger partial charge in [0.15, 0.2) is 6.10 Å². The summed E-state index contributed by atoms with van der Waals surface area (Å²) in [5.74, 6) is -0.0327. The predicted molar refractivity (Wildman–Crippen MR) is 105 cm³/mol. The lowest BCUT2D eigenvalue weighted by Gasteiger charge is -2.26. The van der Waals surface area contributed by atoms with Gasteiger partial charge in [-0.05, 0) is 42.5 Å². The molecule has 2 aromatic carbocycles. The summed E-state index contributed by atoms with van der Waals surface area (Å²) < 4.78 is 12.5. The van der Waals surface area contributed by atoms with E-state index < -0.39 is 18.3 Å². The van der Waals surface area contributed by atoms with Crippen LogP contribution in [0.25, 0.3) is 0 Å². The minimum atomic E-state index is -0.903. The summed E-state index contributed by atoms with van der Waals surface area (Å²) in [6, 6.07) is 11.8. The molecule has 0 radical (unpaired) electrons. The number of hydrogen-bond donors (Lipinski definition) is 3. The average molecular weight is 489 g/mol. The Hall–Kier alpha value is -1.61. The number of aliphatic hydroxyl groups is 1. The van der Waals surface area contributed by atoms with Gasteiger partial charge in [0.1, 0.15) is 11.9 Å². The topological polar surface area (TPSA) is 88.0 Å². The van der Waals surface area contributed by atoms with Crippen LogP contribution in [0.4, 0.5) is 10.5 Å². The number of amides is 1. The van der Waals surface area contributed by atoms with Gasteiger partial charge in [0.2, 0.25) is 0 Å². The highest BCUT2D eigenvalue weighted by Gasteiger charge is 2.29. The van der Waals surface area contributed by atoms with Crippen LogP contribution < -0.4 is 5.32 Å². The number of phenolic OH excluding ortho intramolecular Hbond substituents is 1. The van der Waals surface area contributed by atoms with Crippen molar-refractivity contribution in [3.63, 3.8) is 0 Å². The first-order valence-corrected chi connectivity index (χ1v) is 9.38. The third-order valence-electron chi connectivity index (χ3n) is 3.67. The Morgan fingerprint density at radius 2 is 1.81 bits per heavy atom. The van der Waals surface area contributed by atoms with Crippen LogP contribution in [0, 0.1) is 0 Å². The van der Waals surface area contributed by atoms with Crippen molar-refractivity contribution >= 4 is 43.6 Å². The van der Waals surface area contributed by atoms with Crippen molar-refractivity contribution in [3.05, 3.63) is 57.0 Å². The summed E-state index contributed by atoms with van der Waals surface area (Å²) >= 11 is 6.67. The standard InChI is InChI=1S/C18H19Br2NO5/c1-25-16(8-9-22)17(14-10-12(20)4-7-15(14)23)26-18(24)21-13-5-2-11(19)3-6-13/h2-7,10,16-17,22-23H,8-9H2,1H3,(H,21,24)/t16-,17-/m1/s1. The van der Waals surface area contributed by atoms with E-state index in [0.29, 0.717) is 15.7 Å². The van der Waals surface area contributed by atoms with E-state index >= 15 is 0 Å². The Labute approximate surface area is 168 Å². The third kappa shape index (κ3) is 5.70. The fraction of sp³-hybridized carbons (Fsp3) is 0.278. The molecule has 0 saturated heterocycles. The van der Waals surface area contributed by atoms with E-state index in [4.69, 9.17) is 9.47 Å². The molecule has 0 saturated carbocycles. The Morgan fingerprint density at radius 1 is 1.15 bits per heavy atom. The SMILES string of the molecule is CO[C@H](CCO)[C@H](OC(=O)Nc1ccc(Br)cc1)c1cc(Br)ccc1O. The lowest BCUT2D eigenvalue weighted by atomic mass is 10.0. The van der Waals surface area contributed by atoms with Crippen LogP contribution in [0.3, 0.4) is 0 Å². The van der Waals surface area contributed by atoms with Crippen molar-refractivity contribution in [3.8, 4) is 5.75 Å². The van der Waals surface area contributed by atoms with Crippen LogP contribution in [0.1, 0.15) is 18.1 Å². The Bertz CT molecular complexity index is 739. The van der Waals surface area contributed by atoms with Gasteiger partial charge in [-0.3, -0.25) is 5.32 Å². The van der Waals surface area contributed by atoms with Gasteiger partial charge in [-0.2, -0.15) is 0 Å². The second-order valence-corrected chi connectivity index (χ2v) is 7.28. The lowest BCUT2D eigenvalue weighted by Crippen LogP contribution is -2.29. The summed E-state index contributed by atoms with van der Waals surface area (Å²) in [5, 5.41) is 22.1. The van der Waals surface area contributed by atoms with Crippen LogP contribution >= 0.6 is 31.9 Å². The third-order valence-corrected chi connectivity index (χ3v) is 4.70. The van der Waals surface area contributed by atoms with Crippen molar-refractivity contribution in [2.45, 2.75) is 18.6 Å². The summed E-state index contributed by atoms with van der Waals surface area (Å²) in [7, 11) is 1.46. The number of methoxy groups -OCH3 is 1. The molecule has 0 aromatic heterocycles. The number of aliphatic hydroxyl groups excluding tert-OH is 1. The maximum Gasteiger partial charge on any atom is 0.412 e. The molecule has 8 heteroatoms. The largest absolute Gasteiger partial charge is 0.508 e. The van der Waals surface area contributed by atoms with Crippen LogP contribution in [0.5, 0.6) is 5.75 Å². The Balaban J connectivity index is 2.24. The van der Waals surface area contributed by atoms with Gasteiger partial charge in [-0.25, -0.2) is 4.79 Å². The van der Waals surface area contributed by atoms with Crippen molar-refractivity contribution in [1.82, 2.24) is 0 Å². The number of aromatic hydroxyl groups is 1. The molecule has 2 aromatic rings. The minimum absolute atomic E-state index is 0.0327. The number of phenols is 1. The van der Waals surface area contributed by atoms with E-state index in [1.165, 1.54) is 13.2 Å². The van der Waals surface area contributed by atoms with E-state index in [0.717, 1.165) is 4.47 Å². The van der Waals surface area contributed by atoms with Crippen LogP contribution in [0.2, 0.25) is 0 Å². The van der Waals surface area contributed by atoms with Crippen molar-refractivity contribution in [2.75, 3.05) is 19.0 Å². The molecule has 1 amide bonds. The van der Waals surface area contributed by atoms with Crippen molar-refractivity contribution in [2.24, 2.45) is 0 Å². The molecule has 0 bridgehead atoms. The fourth-order valence-electron chi connectivity index (χ4n) is 2.41. The molecule has 0 fully saturated rings. The monoisotopic (exact) mass is 487 g/mol. The fourth-order valence-corrected chi connectivity index (χ4v) is 3.05. The predicted octanol–water partition coefficient (Wildman–Crippen LogP) is 4.60. The summed E-state index contributed by atoms with van der Waals surface area (Å²) in [4.78, 5) is 12.3. The molecule has 6 nitrogen and oxygen atoms in total. The molecule has 0 heterocycles. The second-order valence-electron chi connectivity index (χ2n) is 5.45. The highest BCUT2D eigenvalue weighted by Crippen LogP contribution is 2.34. The number of carbonyl (C=O) groups is 1. The number of hydrogen-bond acceptors (Lipinski definition) is 5. The highest BCUT2D eigenvalue weighted by atomic mass is 79.9. The molecular formula is C18H19Br2NO5. The second kappa shape index (κ2) is 9.91. The normalized spacial score (nSPS) is 13.1. The van der Waals surface area contributed by atoms with Gasteiger partial charge in [-0.15, -0.1) is 0 Å². The van der Waals surface area contributed by atoms with Crippen LogP contribution in [-0.4, -0.2) is 36.1 Å². The molecule has 3 N–H and O–H groups in total. The smallest absolute Gasteiger partial charge is 0.412 e. The quantitative estimate of drug-likeness (QED) is 0.529. The minimum Gasteiger partial charge on any atom is -0.508 e. The first-order valence-electron chi connectivity index (χ1n) is 7.80. The number of carbonyl (C=O) groups excluding carboxylic acids is 1. The van der Waals surface area contributed by atoms with E-state index in [2.05, 4.69) is 37.2 Å². The van der Waals surface area contributed by atoms with E-state index in [1.54, 1.807) is 36.4 Å². The van der Waals surface area contributed by atoms with E-state index in [-0.39, 0.29) is 18.8 Å². The zero-order valence-electron chi connectivity index (χ0n) is 14.0. The number of rotatable bonds is 7. The summed E-state index contributed by atoms with van der Waals surface area (Å²) in [6.07, 6.45) is -1.99. The summed E-state index contributed by atoms with van der Waals surface area (Å²) in [5.41, 5.74) is 0.942. The molecular weight excluding hydrogens is 470 g/mol. The van der Waals surface area contributed by atoms with Crippen LogP contribution in [-0.2, 0) is 9.47 Å². The zero-order chi connectivity index (χ0) is 19.1. The molecule has 2 rings (SSSR count). The maximum atomic E-state index is 12.3. The van der Waals surface area contributed by atoms with Gasteiger partial charge in [0, 0.05) is 40.3 Å². The first-order chi connectivity index (χ1) is 12.4. The van der Waals surface area contributed by atoms with Crippen LogP contribution in [0.15, 0.2) is 51.4 Å². The first kappa shape index (κ1) is 20.7. The highest BCUT2D eigenvalue weighted by molar-refractivity contribution is 9.10. The zero-order valence-corrected chi connectivity index (χ0v) is 17.2. The lowest BCUT2D eigenvalue weighted by molar-refractivity contribution is -0.0314. The number of benzene rings is 2. The summed E-state index contributed by atoms with van der Waals surface area (Å²) in [6.45, 7) is -0.151. The number of halogens is 2. The molecule has 0 aliphatic rings. The number of ether oxygens (including phenoxy) is 2. The Morgan fingerprint density at radius 3 is 2.42 bits per heavy atom. The molecule has 0 spiro atoms. The molecule has 0 aliphatic heterocycles. The van der Waals surface area contributed by atoms with Gasteiger partial charge in [-0.1, -0.05) is 31.9 Å². The molecule has 140 valence electrons. The van der Waals surface area contributed by atoms with E-state index in [1.807, 2.05) is 0 Å². The number of anilines is 1. The van der Waals surface area contributed by atoms with Gasteiger partial charge < -0.3 is 19.7 Å². The molecule has 0 unspecified atom stereocenters. The molecule has 0 aliphatic carbocycles. The van der Waals surface area contributed by atoms with Gasteiger partial charge in [0.05, 0.1) is 0 Å². The average Bonchev–Trinajstić information content (AvgIpc) is 2.62. The van der Waals surface area contributed by atoms with E-state index in [9.17, 15) is 15.0 Å². The molecule has 2 atom stereocenters.